The molecular weight excluding hydrogens is 280 g/mol. The molecule has 0 N–H and O–H groups in total. The summed E-state index contributed by atoms with van der Waals surface area (Å²) < 4.78 is 10.8. The molecule has 22 heavy (non-hydrogen) atoms. The highest BCUT2D eigenvalue weighted by molar-refractivity contribution is 5.98. The van der Waals surface area contributed by atoms with Crippen molar-refractivity contribution in [2.45, 2.75) is 19.4 Å². The summed E-state index contributed by atoms with van der Waals surface area (Å²) >= 11 is 0. The molecule has 114 valence electrons. The average Bonchev–Trinajstić information content (AvgIpc) is 2.97. The maximum atomic E-state index is 12.6. The molecule has 0 bridgehead atoms. The van der Waals surface area contributed by atoms with Crippen LogP contribution in [0.2, 0.25) is 0 Å². The van der Waals surface area contributed by atoms with Crippen molar-refractivity contribution in [3.63, 3.8) is 0 Å². The van der Waals surface area contributed by atoms with Gasteiger partial charge in [0.15, 0.2) is 6.10 Å². The van der Waals surface area contributed by atoms with Crippen LogP contribution in [-0.2, 0) is 11.2 Å². The molecule has 3 rings (SSSR count). The molecule has 2 aromatic rings. The lowest BCUT2D eigenvalue weighted by molar-refractivity contribution is -0.124. The maximum Gasteiger partial charge on any atom is 0.267 e. The first-order valence-electron chi connectivity index (χ1n) is 7.25. The van der Waals surface area contributed by atoms with Crippen LogP contribution in [-0.4, -0.2) is 30.6 Å². The number of amides is 1. The van der Waals surface area contributed by atoms with E-state index in [1.807, 2.05) is 30.3 Å². The number of pyridine rings is 1. The van der Waals surface area contributed by atoms with Gasteiger partial charge in [0.1, 0.15) is 5.75 Å². The minimum absolute atomic E-state index is 0.0606. The fourth-order valence-corrected chi connectivity index (χ4v) is 2.60. The van der Waals surface area contributed by atoms with Crippen molar-refractivity contribution >= 4 is 11.6 Å². The number of anilines is 1. The van der Waals surface area contributed by atoms with Gasteiger partial charge in [-0.2, -0.15) is 0 Å². The molecule has 0 aliphatic carbocycles. The molecule has 5 nitrogen and oxygen atoms in total. The fourth-order valence-electron chi connectivity index (χ4n) is 2.60. The number of carbonyl (C=O) groups is 1. The molecule has 1 unspecified atom stereocenters. The molecule has 0 saturated heterocycles. The van der Waals surface area contributed by atoms with E-state index in [2.05, 4.69) is 4.98 Å². The van der Waals surface area contributed by atoms with Gasteiger partial charge in [-0.15, -0.1) is 0 Å². The molecule has 2 heterocycles. The van der Waals surface area contributed by atoms with Gasteiger partial charge in [0.2, 0.25) is 5.88 Å². The van der Waals surface area contributed by atoms with E-state index >= 15 is 0 Å². The van der Waals surface area contributed by atoms with Gasteiger partial charge in [0.25, 0.3) is 5.91 Å². The van der Waals surface area contributed by atoms with Crippen LogP contribution in [0.25, 0.3) is 0 Å². The molecule has 1 aromatic heterocycles. The number of methoxy groups -OCH3 is 1. The quantitative estimate of drug-likeness (QED) is 0.870. The Hall–Kier alpha value is -2.56. The number of aromatic nitrogens is 1. The zero-order chi connectivity index (χ0) is 15.5. The standard InChI is InChI=1S/C17H18N2O3/c1-12(22-16-5-3-4-9-18-16)17(20)19-10-8-13-11-14(21-2)6-7-15(13)19/h3-7,9,11-12H,8,10H2,1-2H3. The van der Waals surface area contributed by atoms with E-state index in [9.17, 15) is 4.79 Å². The van der Waals surface area contributed by atoms with Crippen LogP contribution < -0.4 is 14.4 Å². The van der Waals surface area contributed by atoms with Gasteiger partial charge in [-0.3, -0.25) is 4.79 Å². The molecule has 0 fully saturated rings. The summed E-state index contributed by atoms with van der Waals surface area (Å²) in [4.78, 5) is 18.5. The lowest BCUT2D eigenvalue weighted by atomic mass is 10.1. The zero-order valence-electron chi connectivity index (χ0n) is 12.7. The van der Waals surface area contributed by atoms with Crippen molar-refractivity contribution in [1.82, 2.24) is 4.98 Å². The number of nitrogens with zero attached hydrogens (tertiary/aromatic N) is 2. The summed E-state index contributed by atoms with van der Waals surface area (Å²) in [6.45, 7) is 2.41. The molecule has 1 aromatic carbocycles. The number of benzene rings is 1. The van der Waals surface area contributed by atoms with Crippen molar-refractivity contribution in [1.29, 1.82) is 0 Å². The van der Waals surface area contributed by atoms with Crippen LogP contribution in [0.4, 0.5) is 5.69 Å². The van der Waals surface area contributed by atoms with Crippen LogP contribution in [0.5, 0.6) is 11.6 Å². The van der Waals surface area contributed by atoms with Gasteiger partial charge in [-0.25, -0.2) is 4.98 Å². The second-order valence-electron chi connectivity index (χ2n) is 5.16. The number of ether oxygens (including phenoxy) is 2. The van der Waals surface area contributed by atoms with Gasteiger partial charge in [0.05, 0.1) is 7.11 Å². The highest BCUT2D eigenvalue weighted by atomic mass is 16.5. The highest BCUT2D eigenvalue weighted by Crippen LogP contribution is 2.31. The molecule has 0 spiro atoms. The van der Waals surface area contributed by atoms with Crippen LogP contribution in [0.15, 0.2) is 42.6 Å². The third-order valence-electron chi connectivity index (χ3n) is 3.73. The molecule has 0 saturated carbocycles. The topological polar surface area (TPSA) is 51.7 Å². The summed E-state index contributed by atoms with van der Waals surface area (Å²) in [5.74, 6) is 1.21. The smallest absolute Gasteiger partial charge is 0.267 e. The van der Waals surface area contributed by atoms with Gasteiger partial charge in [-0.1, -0.05) is 6.07 Å². The Morgan fingerprint density at radius 1 is 1.32 bits per heavy atom. The molecule has 1 aliphatic heterocycles. The van der Waals surface area contributed by atoms with E-state index in [-0.39, 0.29) is 5.91 Å². The van der Waals surface area contributed by atoms with E-state index in [1.165, 1.54) is 0 Å². The largest absolute Gasteiger partial charge is 0.497 e. The molecule has 5 heteroatoms. The predicted octanol–water partition coefficient (Wildman–Crippen LogP) is 2.45. The number of hydrogen-bond donors (Lipinski definition) is 0. The van der Waals surface area contributed by atoms with E-state index in [0.717, 1.165) is 23.4 Å². The second kappa shape index (κ2) is 6.05. The van der Waals surface area contributed by atoms with E-state index in [4.69, 9.17) is 9.47 Å². The summed E-state index contributed by atoms with van der Waals surface area (Å²) in [6.07, 6.45) is 1.89. The Labute approximate surface area is 129 Å². The summed E-state index contributed by atoms with van der Waals surface area (Å²) in [7, 11) is 1.64. The Balaban J connectivity index is 1.74. The van der Waals surface area contributed by atoms with Crippen LogP contribution in [0.1, 0.15) is 12.5 Å². The maximum absolute atomic E-state index is 12.6. The lowest BCUT2D eigenvalue weighted by Crippen LogP contribution is -2.39. The molecule has 1 amide bonds. The zero-order valence-corrected chi connectivity index (χ0v) is 12.7. The average molecular weight is 298 g/mol. The Morgan fingerprint density at radius 2 is 2.18 bits per heavy atom. The van der Waals surface area contributed by atoms with E-state index in [0.29, 0.717) is 12.4 Å². The van der Waals surface area contributed by atoms with Crippen LogP contribution in [0, 0.1) is 0 Å². The second-order valence-corrected chi connectivity index (χ2v) is 5.16. The third-order valence-corrected chi connectivity index (χ3v) is 3.73. The van der Waals surface area contributed by atoms with Crippen LogP contribution in [0.3, 0.4) is 0 Å². The summed E-state index contributed by atoms with van der Waals surface area (Å²) in [6, 6.07) is 11.2. The first-order chi connectivity index (χ1) is 10.7. The van der Waals surface area contributed by atoms with Gasteiger partial charge < -0.3 is 14.4 Å². The monoisotopic (exact) mass is 298 g/mol. The van der Waals surface area contributed by atoms with Gasteiger partial charge in [-0.05, 0) is 43.2 Å². The van der Waals surface area contributed by atoms with Crippen molar-refractivity contribution in [2.75, 3.05) is 18.6 Å². The first-order valence-corrected chi connectivity index (χ1v) is 7.25. The van der Waals surface area contributed by atoms with E-state index < -0.39 is 6.10 Å². The molecule has 1 atom stereocenters. The highest BCUT2D eigenvalue weighted by Gasteiger charge is 2.29. The van der Waals surface area contributed by atoms with Crippen LogP contribution >= 0.6 is 0 Å². The van der Waals surface area contributed by atoms with Gasteiger partial charge in [0, 0.05) is 24.5 Å². The number of carbonyl (C=O) groups excluding carboxylic acids is 1. The molecule has 1 aliphatic rings. The minimum Gasteiger partial charge on any atom is -0.497 e. The van der Waals surface area contributed by atoms with Crippen molar-refractivity contribution < 1.29 is 14.3 Å². The first kappa shape index (κ1) is 14.4. The summed E-state index contributed by atoms with van der Waals surface area (Å²) in [5, 5.41) is 0. The normalized spacial score (nSPS) is 14.4. The number of hydrogen-bond acceptors (Lipinski definition) is 4. The van der Waals surface area contributed by atoms with E-state index in [1.54, 1.807) is 31.2 Å². The Bertz CT molecular complexity index is 673. The van der Waals surface area contributed by atoms with Gasteiger partial charge >= 0.3 is 0 Å². The fraction of sp³-hybridized carbons (Fsp3) is 0.294. The molecule has 0 radical (unpaired) electrons. The SMILES string of the molecule is COc1ccc2c(c1)CCN2C(=O)C(C)Oc1ccccn1. The van der Waals surface area contributed by atoms with Crippen molar-refractivity contribution in [2.24, 2.45) is 0 Å². The minimum atomic E-state index is -0.581. The summed E-state index contributed by atoms with van der Waals surface area (Å²) in [5.41, 5.74) is 2.06. The number of fused-ring (bicyclic) bond motifs is 1. The predicted molar refractivity (Wildman–Crippen MR) is 83.4 cm³/mol. The number of rotatable bonds is 4. The van der Waals surface area contributed by atoms with Crippen molar-refractivity contribution in [3.05, 3.63) is 48.2 Å². The van der Waals surface area contributed by atoms with Crippen molar-refractivity contribution in [3.8, 4) is 11.6 Å². The Kier molecular flexibility index (Phi) is 3.96. The molecular formula is C17H18N2O3. The Morgan fingerprint density at radius 3 is 2.91 bits per heavy atom. The lowest BCUT2D eigenvalue weighted by Gasteiger charge is -2.22. The third kappa shape index (κ3) is 2.74.